The zero-order chi connectivity index (χ0) is 24.1. The molecule has 1 aliphatic heterocycles. The van der Waals surface area contributed by atoms with E-state index in [0.29, 0.717) is 30.9 Å². The number of amides is 1. The van der Waals surface area contributed by atoms with E-state index in [1.807, 2.05) is 74.5 Å². The van der Waals surface area contributed by atoms with Crippen molar-refractivity contribution in [3.05, 3.63) is 107 Å². The van der Waals surface area contributed by atoms with E-state index in [9.17, 15) is 14.7 Å². The van der Waals surface area contributed by atoms with Gasteiger partial charge in [-0.2, -0.15) is 0 Å². The third-order valence-electron chi connectivity index (χ3n) is 6.00. The first-order valence-corrected chi connectivity index (χ1v) is 11.6. The number of ether oxygens (including phenoxy) is 1. The topological polar surface area (TPSA) is 66.8 Å². The minimum Gasteiger partial charge on any atom is -0.507 e. The lowest BCUT2D eigenvalue weighted by Gasteiger charge is -2.25. The van der Waals surface area contributed by atoms with Crippen molar-refractivity contribution in [1.29, 1.82) is 0 Å². The number of rotatable bonds is 8. The van der Waals surface area contributed by atoms with E-state index < -0.39 is 17.7 Å². The van der Waals surface area contributed by atoms with Crippen LogP contribution in [0.1, 0.15) is 41.6 Å². The maximum atomic E-state index is 13.2. The Morgan fingerprint density at radius 2 is 1.71 bits per heavy atom. The lowest BCUT2D eigenvalue weighted by molar-refractivity contribution is -0.139. The van der Waals surface area contributed by atoms with Crippen molar-refractivity contribution in [3.8, 4) is 5.75 Å². The molecule has 0 spiro atoms. The number of nitrogens with zero attached hydrogens (tertiary/aromatic N) is 1. The van der Waals surface area contributed by atoms with Crippen LogP contribution in [0.4, 0.5) is 0 Å². The maximum absolute atomic E-state index is 13.2. The van der Waals surface area contributed by atoms with Crippen LogP contribution in [0.5, 0.6) is 5.75 Å². The number of hydrogen-bond donors (Lipinski definition) is 1. The van der Waals surface area contributed by atoms with Gasteiger partial charge in [0.15, 0.2) is 0 Å². The third-order valence-corrected chi connectivity index (χ3v) is 6.00. The first-order chi connectivity index (χ1) is 16.5. The Balaban J connectivity index is 1.75. The number of aliphatic hydroxyl groups excluding tert-OH is 1. The minimum atomic E-state index is -0.670. The van der Waals surface area contributed by atoms with Crippen molar-refractivity contribution in [2.45, 2.75) is 32.7 Å². The van der Waals surface area contributed by atoms with Gasteiger partial charge in [-0.15, -0.1) is 0 Å². The number of ketones is 1. The molecule has 4 rings (SSSR count). The number of aliphatic hydroxyl groups is 1. The Kier molecular flexibility index (Phi) is 7.12. The maximum Gasteiger partial charge on any atom is 0.295 e. The quantitative estimate of drug-likeness (QED) is 0.279. The van der Waals surface area contributed by atoms with Gasteiger partial charge in [0.2, 0.25) is 0 Å². The van der Waals surface area contributed by atoms with Crippen LogP contribution in [0.2, 0.25) is 0 Å². The summed E-state index contributed by atoms with van der Waals surface area (Å²) in [6, 6.07) is 23.9. The molecule has 0 radical (unpaired) electrons. The fraction of sp³-hybridized carbons (Fsp3) is 0.241. The molecule has 5 nitrogen and oxygen atoms in total. The molecule has 1 heterocycles. The summed E-state index contributed by atoms with van der Waals surface area (Å²) in [6.45, 7) is 4.92. The summed E-state index contributed by atoms with van der Waals surface area (Å²) in [4.78, 5) is 27.9. The number of Topliss-reactive ketones (excluding diaryl/α,β-unsaturated/α-hetero) is 1. The second-order valence-corrected chi connectivity index (χ2v) is 8.52. The van der Waals surface area contributed by atoms with E-state index in [1.54, 1.807) is 23.1 Å². The van der Waals surface area contributed by atoms with Crippen molar-refractivity contribution < 1.29 is 19.4 Å². The average Bonchev–Trinajstić information content (AvgIpc) is 3.12. The summed E-state index contributed by atoms with van der Waals surface area (Å²) in [6.07, 6.45) is 1.47. The number of carbonyl (C=O) groups is 2. The molecule has 3 aromatic rings. The SMILES string of the molecule is CCCOc1cccc(C(O)=C2C(=O)C(=O)N(CCc3ccccc3)C2c2ccc(C)cc2)c1. The second-order valence-electron chi connectivity index (χ2n) is 8.52. The fourth-order valence-electron chi connectivity index (χ4n) is 4.21. The van der Waals surface area contributed by atoms with E-state index in [1.165, 1.54) is 0 Å². The second kappa shape index (κ2) is 10.4. The van der Waals surface area contributed by atoms with Crippen LogP contribution in [0.3, 0.4) is 0 Å². The first-order valence-electron chi connectivity index (χ1n) is 11.6. The van der Waals surface area contributed by atoms with Crippen LogP contribution in [0, 0.1) is 6.92 Å². The van der Waals surface area contributed by atoms with E-state index in [0.717, 1.165) is 23.1 Å². The minimum absolute atomic E-state index is 0.106. The van der Waals surface area contributed by atoms with Crippen molar-refractivity contribution in [1.82, 2.24) is 4.90 Å². The third kappa shape index (κ3) is 4.88. The van der Waals surface area contributed by atoms with Gasteiger partial charge in [0.1, 0.15) is 11.5 Å². The summed E-state index contributed by atoms with van der Waals surface area (Å²) in [5, 5.41) is 11.3. The van der Waals surface area contributed by atoms with Gasteiger partial charge in [-0.25, -0.2) is 0 Å². The lowest BCUT2D eigenvalue weighted by Crippen LogP contribution is -2.31. The van der Waals surface area contributed by atoms with E-state index in [4.69, 9.17) is 4.74 Å². The smallest absolute Gasteiger partial charge is 0.295 e. The predicted molar refractivity (Wildman–Crippen MR) is 133 cm³/mol. The highest BCUT2D eigenvalue weighted by molar-refractivity contribution is 6.46. The summed E-state index contributed by atoms with van der Waals surface area (Å²) in [7, 11) is 0. The largest absolute Gasteiger partial charge is 0.507 e. The molecule has 1 aliphatic rings. The molecule has 1 atom stereocenters. The number of likely N-dealkylation sites (tertiary alicyclic amines) is 1. The summed E-state index contributed by atoms with van der Waals surface area (Å²) in [5.41, 5.74) is 3.50. The highest BCUT2D eigenvalue weighted by Crippen LogP contribution is 2.39. The first kappa shape index (κ1) is 23.3. The van der Waals surface area contributed by atoms with Crippen LogP contribution in [-0.4, -0.2) is 34.8 Å². The molecule has 174 valence electrons. The molecule has 1 amide bonds. The summed E-state index contributed by atoms with van der Waals surface area (Å²) >= 11 is 0. The summed E-state index contributed by atoms with van der Waals surface area (Å²) < 4.78 is 5.69. The van der Waals surface area contributed by atoms with Crippen molar-refractivity contribution >= 4 is 17.4 Å². The van der Waals surface area contributed by atoms with Crippen LogP contribution in [-0.2, 0) is 16.0 Å². The predicted octanol–water partition coefficient (Wildman–Crippen LogP) is 5.45. The van der Waals surface area contributed by atoms with Crippen molar-refractivity contribution in [2.75, 3.05) is 13.2 Å². The van der Waals surface area contributed by atoms with Gasteiger partial charge in [0, 0.05) is 12.1 Å². The molecule has 0 bridgehead atoms. The van der Waals surface area contributed by atoms with E-state index >= 15 is 0 Å². The molecule has 1 saturated heterocycles. The monoisotopic (exact) mass is 455 g/mol. The molecule has 3 aromatic carbocycles. The number of carbonyl (C=O) groups excluding carboxylic acids is 2. The Bertz CT molecular complexity index is 1200. The molecule has 1 fully saturated rings. The van der Waals surface area contributed by atoms with Crippen LogP contribution in [0.15, 0.2) is 84.4 Å². The molecule has 1 unspecified atom stereocenters. The molecule has 0 aromatic heterocycles. The molecular formula is C29H29NO4. The highest BCUT2D eigenvalue weighted by atomic mass is 16.5. The zero-order valence-electron chi connectivity index (χ0n) is 19.5. The van der Waals surface area contributed by atoms with Gasteiger partial charge in [-0.1, -0.05) is 79.2 Å². The number of aryl methyl sites for hydroxylation is 1. The number of hydrogen-bond acceptors (Lipinski definition) is 4. The van der Waals surface area contributed by atoms with E-state index in [-0.39, 0.29) is 11.3 Å². The van der Waals surface area contributed by atoms with Gasteiger partial charge in [-0.3, -0.25) is 9.59 Å². The molecule has 1 N–H and O–H groups in total. The van der Waals surface area contributed by atoms with Gasteiger partial charge >= 0.3 is 0 Å². The van der Waals surface area contributed by atoms with E-state index in [2.05, 4.69) is 0 Å². The Hall–Kier alpha value is -3.86. The van der Waals surface area contributed by atoms with Gasteiger partial charge in [0.25, 0.3) is 11.7 Å². The summed E-state index contributed by atoms with van der Waals surface area (Å²) in [5.74, 6) is -0.846. The fourth-order valence-corrected chi connectivity index (χ4v) is 4.21. The van der Waals surface area contributed by atoms with Crippen LogP contribution in [0.25, 0.3) is 5.76 Å². The zero-order valence-corrected chi connectivity index (χ0v) is 19.5. The number of benzene rings is 3. The molecule has 34 heavy (non-hydrogen) atoms. The molecule has 5 heteroatoms. The normalized spacial score (nSPS) is 17.2. The van der Waals surface area contributed by atoms with Crippen molar-refractivity contribution in [2.24, 2.45) is 0 Å². The van der Waals surface area contributed by atoms with Crippen LogP contribution >= 0.6 is 0 Å². The highest BCUT2D eigenvalue weighted by Gasteiger charge is 2.45. The Morgan fingerprint density at radius 3 is 2.41 bits per heavy atom. The average molecular weight is 456 g/mol. The van der Waals surface area contributed by atoms with Crippen LogP contribution < -0.4 is 4.74 Å². The van der Waals surface area contributed by atoms with Crippen molar-refractivity contribution in [3.63, 3.8) is 0 Å². The Morgan fingerprint density at radius 1 is 0.971 bits per heavy atom. The lowest BCUT2D eigenvalue weighted by atomic mass is 9.94. The van der Waals surface area contributed by atoms with Gasteiger partial charge < -0.3 is 14.7 Å². The van der Waals surface area contributed by atoms with Gasteiger partial charge in [0.05, 0.1) is 18.2 Å². The van der Waals surface area contributed by atoms with Gasteiger partial charge in [-0.05, 0) is 43.0 Å². The Labute approximate surface area is 200 Å². The standard InChI is InChI=1S/C29H29NO4/c1-3-18-34-24-11-7-10-23(19-24)27(31)25-26(22-14-12-20(2)13-15-22)30(29(33)28(25)32)17-16-21-8-5-4-6-9-21/h4-15,19,26,31H,3,16-18H2,1-2H3. The molecule has 0 aliphatic carbocycles. The molecular weight excluding hydrogens is 426 g/mol. The molecule has 0 saturated carbocycles.